The first-order chi connectivity index (χ1) is 12.6. The molecule has 0 spiro atoms. The molecule has 2 N–H and O–H groups in total. The van der Waals surface area contributed by atoms with Crippen LogP contribution in [0.3, 0.4) is 0 Å². The molecule has 3 aromatic rings. The Bertz CT molecular complexity index is 901. The van der Waals surface area contributed by atoms with Crippen molar-refractivity contribution in [3.63, 3.8) is 0 Å². The zero-order chi connectivity index (χ0) is 18.5. The van der Waals surface area contributed by atoms with Crippen molar-refractivity contribution >= 4 is 23.0 Å². The van der Waals surface area contributed by atoms with Gasteiger partial charge in [-0.25, -0.2) is 5.48 Å². The Kier molecular flexibility index (Phi) is 5.61. The maximum atomic E-state index is 12.6. The Balaban J connectivity index is 1.67. The number of carbonyl (C=O) groups excluding carboxylic acids is 2. The van der Waals surface area contributed by atoms with Crippen LogP contribution in [0.25, 0.3) is 11.1 Å². The highest BCUT2D eigenvalue weighted by Crippen LogP contribution is 2.28. The lowest BCUT2D eigenvalue weighted by Crippen LogP contribution is -2.16. The van der Waals surface area contributed by atoms with E-state index in [2.05, 4.69) is 0 Å². The molecule has 0 unspecified atom stereocenters. The third-order valence-corrected chi connectivity index (χ3v) is 5.56. The van der Waals surface area contributed by atoms with E-state index in [9.17, 15) is 9.59 Å². The van der Waals surface area contributed by atoms with Gasteiger partial charge in [0, 0.05) is 16.9 Å². The van der Waals surface area contributed by atoms with E-state index in [0.717, 1.165) is 16.0 Å². The van der Waals surface area contributed by atoms with E-state index >= 15 is 0 Å². The monoisotopic (exact) mass is 365 g/mol. The van der Waals surface area contributed by atoms with Crippen LogP contribution < -0.4 is 5.48 Å². The average molecular weight is 365 g/mol. The van der Waals surface area contributed by atoms with Crippen molar-refractivity contribution in [3.05, 3.63) is 82.0 Å². The van der Waals surface area contributed by atoms with Crippen molar-refractivity contribution in [1.82, 2.24) is 5.48 Å². The third kappa shape index (κ3) is 4.07. The van der Waals surface area contributed by atoms with Gasteiger partial charge in [0.2, 0.25) is 0 Å². The lowest BCUT2D eigenvalue weighted by Gasteiger charge is -2.09. The minimum absolute atomic E-state index is 0.00143. The van der Waals surface area contributed by atoms with Crippen molar-refractivity contribution in [2.24, 2.45) is 0 Å². The summed E-state index contributed by atoms with van der Waals surface area (Å²) < 4.78 is 0. The minimum Gasteiger partial charge on any atom is -0.294 e. The van der Waals surface area contributed by atoms with Gasteiger partial charge < -0.3 is 0 Å². The van der Waals surface area contributed by atoms with Crippen molar-refractivity contribution in [3.8, 4) is 11.1 Å². The molecular formula is C21H19NO3S. The molecule has 132 valence electrons. The highest BCUT2D eigenvalue weighted by Gasteiger charge is 2.17. The van der Waals surface area contributed by atoms with Crippen LogP contribution in [0, 0.1) is 0 Å². The Morgan fingerprint density at radius 1 is 0.962 bits per heavy atom. The Labute approximate surface area is 156 Å². The van der Waals surface area contributed by atoms with Gasteiger partial charge >= 0.3 is 0 Å². The number of benzene rings is 2. The summed E-state index contributed by atoms with van der Waals surface area (Å²) in [6.45, 7) is 1.96. The molecule has 4 nitrogen and oxygen atoms in total. The van der Waals surface area contributed by atoms with Crippen molar-refractivity contribution in [2.45, 2.75) is 19.3 Å². The lowest BCUT2D eigenvalue weighted by molar-refractivity contribution is 0.0711. The van der Waals surface area contributed by atoms with Gasteiger partial charge in [-0.15, -0.1) is 11.3 Å². The van der Waals surface area contributed by atoms with E-state index in [1.165, 1.54) is 11.3 Å². The number of amides is 1. The first kappa shape index (κ1) is 18.0. The van der Waals surface area contributed by atoms with E-state index in [1.54, 1.807) is 11.5 Å². The molecule has 0 fully saturated rings. The predicted octanol–water partition coefficient (Wildman–Crippen LogP) is 4.91. The molecular weight excluding hydrogens is 346 g/mol. The number of nitrogens with one attached hydrogen (secondary N) is 1. The Morgan fingerprint density at radius 2 is 1.62 bits per heavy atom. The first-order valence-corrected chi connectivity index (χ1v) is 9.13. The van der Waals surface area contributed by atoms with E-state index < -0.39 is 5.91 Å². The van der Waals surface area contributed by atoms with E-state index in [1.807, 2.05) is 67.6 Å². The molecule has 1 atom stereocenters. The van der Waals surface area contributed by atoms with Crippen LogP contribution in [-0.4, -0.2) is 16.9 Å². The minimum atomic E-state index is -0.531. The Morgan fingerprint density at radius 3 is 2.27 bits per heavy atom. The standard InChI is InChI=1S/C21H19NO3S/c1-14(19-11-12-20(26-19)21(24)22-25)13-18(23)17-9-7-16(8-10-17)15-5-3-2-4-6-15/h2-12,14,25H,13H2,1H3,(H,22,24)/t14-/m0/s1. The van der Waals surface area contributed by atoms with Crippen LogP contribution >= 0.6 is 11.3 Å². The van der Waals surface area contributed by atoms with Gasteiger partial charge in [-0.1, -0.05) is 61.5 Å². The fourth-order valence-electron chi connectivity index (χ4n) is 2.77. The summed E-state index contributed by atoms with van der Waals surface area (Å²) in [4.78, 5) is 25.4. The maximum Gasteiger partial charge on any atom is 0.284 e. The Hall–Kier alpha value is -2.76. The van der Waals surface area contributed by atoms with Gasteiger partial charge in [-0.2, -0.15) is 0 Å². The molecule has 1 aromatic heterocycles. The molecule has 2 aromatic carbocycles. The van der Waals surface area contributed by atoms with Crippen LogP contribution in [0.5, 0.6) is 0 Å². The molecule has 0 aliphatic rings. The smallest absolute Gasteiger partial charge is 0.284 e. The predicted molar refractivity (Wildman–Crippen MR) is 103 cm³/mol. The van der Waals surface area contributed by atoms with E-state index in [-0.39, 0.29) is 11.7 Å². The second-order valence-electron chi connectivity index (χ2n) is 6.11. The number of ketones is 1. The number of thiophene rings is 1. The fraction of sp³-hybridized carbons (Fsp3) is 0.143. The third-order valence-electron chi connectivity index (χ3n) is 4.24. The summed E-state index contributed by atoms with van der Waals surface area (Å²) in [6, 6.07) is 21.1. The van der Waals surface area contributed by atoms with Crippen molar-refractivity contribution in [2.75, 3.05) is 0 Å². The second kappa shape index (κ2) is 8.08. The van der Waals surface area contributed by atoms with Gasteiger partial charge in [0.25, 0.3) is 5.91 Å². The average Bonchev–Trinajstić information content (AvgIpc) is 3.18. The van der Waals surface area contributed by atoms with Crippen LogP contribution in [0.2, 0.25) is 0 Å². The quantitative estimate of drug-likeness (QED) is 0.370. The van der Waals surface area contributed by atoms with Gasteiger partial charge in [0.1, 0.15) is 0 Å². The normalized spacial score (nSPS) is 11.8. The number of Topliss-reactive ketones (excluding diaryl/α,β-unsaturated/α-hetero) is 1. The lowest BCUT2D eigenvalue weighted by atomic mass is 9.96. The molecule has 0 saturated heterocycles. The fourth-order valence-corrected chi connectivity index (χ4v) is 3.72. The molecule has 1 heterocycles. The molecule has 0 saturated carbocycles. The summed E-state index contributed by atoms with van der Waals surface area (Å²) >= 11 is 1.29. The SMILES string of the molecule is C[C@@H](CC(=O)c1ccc(-c2ccccc2)cc1)c1ccc(C(=O)NO)s1. The van der Waals surface area contributed by atoms with E-state index in [0.29, 0.717) is 16.9 Å². The maximum absolute atomic E-state index is 12.6. The molecule has 0 radical (unpaired) electrons. The van der Waals surface area contributed by atoms with Crippen LogP contribution in [-0.2, 0) is 0 Å². The highest BCUT2D eigenvalue weighted by molar-refractivity contribution is 7.14. The van der Waals surface area contributed by atoms with Crippen LogP contribution in [0.4, 0.5) is 0 Å². The van der Waals surface area contributed by atoms with Gasteiger partial charge in [-0.3, -0.25) is 14.8 Å². The van der Waals surface area contributed by atoms with Crippen molar-refractivity contribution < 1.29 is 14.8 Å². The number of carbonyl (C=O) groups is 2. The summed E-state index contributed by atoms with van der Waals surface area (Å²) in [5.41, 5.74) is 4.50. The number of hydroxylamine groups is 1. The van der Waals surface area contributed by atoms with Gasteiger partial charge in [0.05, 0.1) is 4.88 Å². The molecule has 0 aliphatic heterocycles. The van der Waals surface area contributed by atoms with Crippen molar-refractivity contribution in [1.29, 1.82) is 0 Å². The molecule has 0 aliphatic carbocycles. The summed E-state index contributed by atoms with van der Waals surface area (Å²) in [5, 5.41) is 8.69. The van der Waals surface area contributed by atoms with E-state index in [4.69, 9.17) is 5.21 Å². The first-order valence-electron chi connectivity index (χ1n) is 8.31. The van der Waals surface area contributed by atoms with Crippen LogP contribution in [0.1, 0.15) is 44.2 Å². The number of rotatable bonds is 6. The van der Waals surface area contributed by atoms with Gasteiger partial charge in [0.15, 0.2) is 5.78 Å². The zero-order valence-corrected chi connectivity index (χ0v) is 15.1. The summed E-state index contributed by atoms with van der Waals surface area (Å²) in [6.07, 6.45) is 0.366. The molecule has 3 rings (SSSR count). The number of hydrogen-bond donors (Lipinski definition) is 2. The summed E-state index contributed by atoms with van der Waals surface area (Å²) in [5.74, 6) is -0.462. The molecule has 1 amide bonds. The molecule has 0 bridgehead atoms. The van der Waals surface area contributed by atoms with Gasteiger partial charge in [-0.05, 0) is 29.2 Å². The highest BCUT2D eigenvalue weighted by atomic mass is 32.1. The number of hydrogen-bond acceptors (Lipinski definition) is 4. The zero-order valence-electron chi connectivity index (χ0n) is 14.3. The largest absolute Gasteiger partial charge is 0.294 e. The summed E-state index contributed by atoms with van der Waals surface area (Å²) in [7, 11) is 0. The topological polar surface area (TPSA) is 66.4 Å². The second-order valence-corrected chi connectivity index (χ2v) is 7.23. The van der Waals surface area contributed by atoms with Crippen LogP contribution in [0.15, 0.2) is 66.7 Å². The molecule has 26 heavy (non-hydrogen) atoms. The molecule has 5 heteroatoms.